The van der Waals surface area contributed by atoms with Gasteiger partial charge in [-0.05, 0) is 29.9 Å². The number of likely N-dealkylation sites (tertiary alicyclic amines) is 1. The van der Waals surface area contributed by atoms with Gasteiger partial charge in [-0.2, -0.15) is 0 Å². The van der Waals surface area contributed by atoms with Crippen LogP contribution < -0.4 is 4.74 Å². The summed E-state index contributed by atoms with van der Waals surface area (Å²) in [6, 6.07) is 13.3. The fourth-order valence-electron chi connectivity index (χ4n) is 5.22. The Morgan fingerprint density at radius 2 is 1.94 bits per heavy atom. The fourth-order valence-corrected chi connectivity index (χ4v) is 5.22. The van der Waals surface area contributed by atoms with E-state index in [0.29, 0.717) is 19.1 Å². The largest absolute Gasteiger partial charge is 0.491 e. The SMILES string of the molecule is C1=Nc2nc[nH]c2CC(N2CCCC2COc2ccc(CN3CCOCC3)c3ccccc23)=N1. The molecule has 8 nitrogen and oxygen atoms in total. The third-order valence-corrected chi connectivity index (χ3v) is 7.03. The molecular weight excluding hydrogens is 428 g/mol. The van der Waals surface area contributed by atoms with E-state index in [0.717, 1.165) is 75.3 Å². The number of imidazole rings is 1. The van der Waals surface area contributed by atoms with Crippen LogP contribution in [0.5, 0.6) is 5.75 Å². The van der Waals surface area contributed by atoms with Crippen LogP contribution in [0.4, 0.5) is 5.82 Å². The van der Waals surface area contributed by atoms with E-state index < -0.39 is 0 Å². The maximum atomic E-state index is 6.47. The number of nitrogens with one attached hydrogen (secondary N) is 1. The number of aromatic nitrogens is 2. The van der Waals surface area contributed by atoms with E-state index >= 15 is 0 Å². The van der Waals surface area contributed by atoms with E-state index in [1.165, 1.54) is 16.3 Å². The van der Waals surface area contributed by atoms with Gasteiger partial charge in [0.1, 0.15) is 24.5 Å². The molecule has 2 saturated heterocycles. The molecule has 0 spiro atoms. The quantitative estimate of drug-likeness (QED) is 0.633. The van der Waals surface area contributed by atoms with Crippen molar-refractivity contribution in [3.63, 3.8) is 0 Å². The standard InChI is InChI=1S/C26H30N6O2/c1-2-6-22-21(5-1)19(15-31-10-12-33-13-11-31)7-8-24(22)34-16-20-4-3-9-32(20)25-14-23-26(29-17-27-23)30-18-28-25/h1-2,5-8,17-18,20H,3-4,9-16H2,(H,27,29). The molecule has 0 bridgehead atoms. The molecule has 0 radical (unpaired) electrons. The van der Waals surface area contributed by atoms with Crippen LogP contribution in [0.25, 0.3) is 10.8 Å². The molecule has 8 heteroatoms. The molecule has 2 fully saturated rings. The van der Waals surface area contributed by atoms with Gasteiger partial charge in [0, 0.05) is 38.0 Å². The van der Waals surface area contributed by atoms with Crippen LogP contribution in [0.3, 0.4) is 0 Å². The summed E-state index contributed by atoms with van der Waals surface area (Å²) >= 11 is 0. The highest BCUT2D eigenvalue weighted by molar-refractivity contribution is 5.93. The van der Waals surface area contributed by atoms with Gasteiger partial charge in [0.25, 0.3) is 0 Å². The van der Waals surface area contributed by atoms with E-state index in [9.17, 15) is 0 Å². The first kappa shape index (κ1) is 21.3. The van der Waals surface area contributed by atoms with Crippen LogP contribution in [-0.4, -0.2) is 77.4 Å². The maximum Gasteiger partial charge on any atom is 0.175 e. The van der Waals surface area contributed by atoms with Crippen LogP contribution in [0.1, 0.15) is 24.1 Å². The number of morpholine rings is 1. The Morgan fingerprint density at radius 3 is 2.85 bits per heavy atom. The molecule has 1 atom stereocenters. The molecule has 3 aliphatic heterocycles. The average molecular weight is 459 g/mol. The maximum absolute atomic E-state index is 6.47. The third-order valence-electron chi connectivity index (χ3n) is 7.03. The second kappa shape index (κ2) is 9.56. The highest BCUT2D eigenvalue weighted by atomic mass is 16.5. The molecule has 2 aromatic carbocycles. The van der Waals surface area contributed by atoms with E-state index in [1.54, 1.807) is 12.7 Å². The van der Waals surface area contributed by atoms with Gasteiger partial charge in [-0.3, -0.25) is 4.90 Å². The summed E-state index contributed by atoms with van der Waals surface area (Å²) in [5.74, 6) is 2.71. The van der Waals surface area contributed by atoms with Crippen LogP contribution in [0.15, 0.2) is 52.7 Å². The molecule has 1 unspecified atom stereocenters. The molecule has 0 saturated carbocycles. The van der Waals surface area contributed by atoms with Crippen LogP contribution >= 0.6 is 0 Å². The first-order chi connectivity index (χ1) is 16.8. The summed E-state index contributed by atoms with van der Waals surface area (Å²) < 4.78 is 12.0. The van der Waals surface area contributed by atoms with Gasteiger partial charge in [0.2, 0.25) is 0 Å². The highest BCUT2D eigenvalue weighted by Gasteiger charge is 2.29. The predicted molar refractivity (Wildman–Crippen MR) is 133 cm³/mol. The zero-order chi connectivity index (χ0) is 22.7. The zero-order valence-corrected chi connectivity index (χ0v) is 19.3. The van der Waals surface area contributed by atoms with E-state index in [2.05, 4.69) is 66.2 Å². The zero-order valence-electron chi connectivity index (χ0n) is 19.3. The van der Waals surface area contributed by atoms with Crippen LogP contribution in [-0.2, 0) is 17.7 Å². The summed E-state index contributed by atoms with van der Waals surface area (Å²) in [7, 11) is 0. The highest BCUT2D eigenvalue weighted by Crippen LogP contribution is 2.31. The van der Waals surface area contributed by atoms with Crippen molar-refractivity contribution in [2.45, 2.75) is 31.8 Å². The molecule has 1 aromatic heterocycles. The van der Waals surface area contributed by atoms with Crippen molar-refractivity contribution in [2.24, 2.45) is 9.98 Å². The number of rotatable bonds is 5. The number of aromatic amines is 1. The Bertz CT molecular complexity index is 1210. The number of aliphatic imine (C=N–C) groups is 2. The minimum Gasteiger partial charge on any atom is -0.491 e. The molecule has 34 heavy (non-hydrogen) atoms. The first-order valence-electron chi connectivity index (χ1n) is 12.2. The lowest BCUT2D eigenvalue weighted by molar-refractivity contribution is 0.0343. The van der Waals surface area contributed by atoms with Crippen molar-refractivity contribution in [2.75, 3.05) is 39.5 Å². The lowest BCUT2D eigenvalue weighted by atomic mass is 10.0. The molecule has 176 valence electrons. The monoisotopic (exact) mass is 458 g/mol. The van der Waals surface area contributed by atoms with Crippen molar-refractivity contribution >= 4 is 28.8 Å². The van der Waals surface area contributed by atoms with Gasteiger partial charge in [0.15, 0.2) is 5.82 Å². The fraction of sp³-hybridized carbons (Fsp3) is 0.423. The van der Waals surface area contributed by atoms with Crippen molar-refractivity contribution in [3.05, 3.63) is 54.0 Å². The molecule has 1 N–H and O–H groups in total. The summed E-state index contributed by atoms with van der Waals surface area (Å²) in [5.41, 5.74) is 2.36. The number of hydrogen-bond acceptors (Lipinski definition) is 7. The number of ether oxygens (including phenoxy) is 2. The van der Waals surface area contributed by atoms with E-state index in [-0.39, 0.29) is 0 Å². The normalized spacial score (nSPS) is 20.9. The molecule has 0 aliphatic carbocycles. The number of benzene rings is 2. The third kappa shape index (κ3) is 4.31. The Morgan fingerprint density at radius 1 is 1.06 bits per heavy atom. The summed E-state index contributed by atoms with van der Waals surface area (Å²) in [4.78, 5) is 21.3. The minimum absolute atomic E-state index is 0.295. The minimum atomic E-state index is 0.295. The van der Waals surface area contributed by atoms with E-state index in [4.69, 9.17) is 9.47 Å². The second-order valence-corrected chi connectivity index (χ2v) is 9.13. The summed E-state index contributed by atoms with van der Waals surface area (Å²) in [5, 5.41) is 2.45. The smallest absolute Gasteiger partial charge is 0.175 e. The Labute approximate surface area is 199 Å². The summed E-state index contributed by atoms with van der Waals surface area (Å²) in [6.45, 7) is 6.17. The van der Waals surface area contributed by atoms with E-state index in [1.807, 2.05) is 0 Å². The van der Waals surface area contributed by atoms with Crippen LogP contribution in [0, 0.1) is 0 Å². The molecule has 6 rings (SSSR count). The average Bonchev–Trinajstić information content (AvgIpc) is 3.49. The number of nitrogens with zero attached hydrogens (tertiary/aromatic N) is 5. The van der Waals surface area contributed by atoms with Gasteiger partial charge >= 0.3 is 0 Å². The molecular formula is C26H30N6O2. The van der Waals surface area contributed by atoms with Crippen molar-refractivity contribution in [3.8, 4) is 5.75 Å². The lowest BCUT2D eigenvalue weighted by Crippen LogP contribution is -2.40. The molecule has 3 aromatic rings. The van der Waals surface area contributed by atoms with Gasteiger partial charge in [-0.1, -0.05) is 30.3 Å². The van der Waals surface area contributed by atoms with Crippen molar-refractivity contribution in [1.82, 2.24) is 19.8 Å². The Balaban J connectivity index is 1.18. The topological polar surface area (TPSA) is 78.3 Å². The predicted octanol–water partition coefficient (Wildman–Crippen LogP) is 3.55. The van der Waals surface area contributed by atoms with Gasteiger partial charge in [-0.15, -0.1) is 0 Å². The number of amidine groups is 1. The van der Waals surface area contributed by atoms with Gasteiger partial charge in [-0.25, -0.2) is 15.0 Å². The number of fused-ring (bicyclic) bond motifs is 2. The summed E-state index contributed by atoms with van der Waals surface area (Å²) in [6.07, 6.45) is 6.27. The van der Waals surface area contributed by atoms with Crippen molar-refractivity contribution < 1.29 is 9.47 Å². The van der Waals surface area contributed by atoms with Crippen molar-refractivity contribution in [1.29, 1.82) is 0 Å². The molecule has 4 heterocycles. The van der Waals surface area contributed by atoms with Gasteiger partial charge < -0.3 is 19.4 Å². The number of H-pyrrole nitrogens is 1. The molecule has 3 aliphatic rings. The molecule has 0 amide bonds. The Hall–Kier alpha value is -3.23. The lowest BCUT2D eigenvalue weighted by Gasteiger charge is -2.28. The van der Waals surface area contributed by atoms with Gasteiger partial charge in [0.05, 0.1) is 31.3 Å². The first-order valence-corrected chi connectivity index (χ1v) is 12.2. The van der Waals surface area contributed by atoms with Crippen LogP contribution in [0.2, 0.25) is 0 Å². The second-order valence-electron chi connectivity index (χ2n) is 9.13. The number of hydrogen-bond donors (Lipinski definition) is 1. The Kier molecular flexibility index (Phi) is 5.99.